The molecule has 3 aromatic carbocycles. The van der Waals surface area contributed by atoms with Gasteiger partial charge in [0.15, 0.2) is 11.6 Å². The molecular weight excluding hydrogens is 554 g/mol. The predicted molar refractivity (Wildman–Crippen MR) is 169 cm³/mol. The number of ether oxygens (including phenoxy) is 1. The molecule has 0 saturated heterocycles. The zero-order chi connectivity index (χ0) is 31.9. The molecule has 3 atom stereocenters. The fourth-order valence-electron chi connectivity index (χ4n) is 4.99. The van der Waals surface area contributed by atoms with E-state index in [2.05, 4.69) is 5.32 Å². The van der Waals surface area contributed by atoms with Crippen LogP contribution in [-0.4, -0.2) is 35.3 Å². The van der Waals surface area contributed by atoms with Gasteiger partial charge < -0.3 is 10.1 Å². The van der Waals surface area contributed by atoms with Crippen LogP contribution in [0.25, 0.3) is 0 Å². The van der Waals surface area contributed by atoms with Crippen molar-refractivity contribution in [3.05, 3.63) is 108 Å². The second-order valence-corrected chi connectivity index (χ2v) is 11.8. The van der Waals surface area contributed by atoms with Crippen LogP contribution in [0, 0.1) is 17.8 Å². The van der Waals surface area contributed by atoms with Crippen molar-refractivity contribution in [2.45, 2.75) is 71.9 Å². The third kappa shape index (κ3) is 11.7. The summed E-state index contributed by atoms with van der Waals surface area (Å²) < 4.78 is 5.32. The average molecular weight is 598 g/mol. The summed E-state index contributed by atoms with van der Waals surface area (Å²) in [6, 6.07) is 27.2. The van der Waals surface area contributed by atoms with E-state index in [1.807, 2.05) is 105 Å². The normalized spacial score (nSPS) is 13.0. The van der Waals surface area contributed by atoms with Gasteiger partial charge >= 0.3 is 5.97 Å². The van der Waals surface area contributed by atoms with Crippen LogP contribution in [0.1, 0.15) is 63.1 Å². The van der Waals surface area contributed by atoms with E-state index in [0.717, 1.165) is 16.7 Å². The summed E-state index contributed by atoms with van der Waals surface area (Å²) in [5, 5.41) is 2.82. The van der Waals surface area contributed by atoms with Crippen molar-refractivity contribution in [1.82, 2.24) is 5.32 Å². The van der Waals surface area contributed by atoms with E-state index in [-0.39, 0.29) is 44.0 Å². The minimum Gasteiger partial charge on any atom is -0.461 e. The van der Waals surface area contributed by atoms with Gasteiger partial charge in [0, 0.05) is 24.7 Å². The lowest BCUT2D eigenvalue weighted by Gasteiger charge is -2.24. The molecule has 0 spiro atoms. The first-order valence-corrected chi connectivity index (χ1v) is 15.3. The molecule has 3 rings (SSSR count). The molecule has 7 nitrogen and oxygen atoms in total. The molecule has 44 heavy (non-hydrogen) atoms. The van der Waals surface area contributed by atoms with Gasteiger partial charge in [0.05, 0.1) is 12.5 Å². The molecule has 7 heteroatoms. The Morgan fingerprint density at radius 1 is 0.705 bits per heavy atom. The van der Waals surface area contributed by atoms with Crippen LogP contribution in [0.3, 0.4) is 0 Å². The third-order valence-electron chi connectivity index (χ3n) is 7.48. The number of hydrogen-bond donors (Lipinski definition) is 1. The molecule has 0 aliphatic heterocycles. The van der Waals surface area contributed by atoms with E-state index in [9.17, 15) is 24.0 Å². The van der Waals surface area contributed by atoms with Gasteiger partial charge in [-0.25, -0.2) is 0 Å². The molecule has 1 N–H and O–H groups in total. The van der Waals surface area contributed by atoms with E-state index in [1.54, 1.807) is 6.92 Å². The zero-order valence-corrected chi connectivity index (χ0v) is 25.9. The van der Waals surface area contributed by atoms with Crippen molar-refractivity contribution in [3.8, 4) is 0 Å². The standard InChI is InChI=1S/C37H43NO6/c1-26(2)21-32(38-37(43)27(3)22-35(41)44-25-30-17-11-6-12-18-30)34(40)24-31(23-29-15-9-5-10-16-29)36(42)33(39)20-19-28-13-7-4-8-14-28/h4-18,26-27,31-32H,19-25H2,1-3H3,(H,38,43)/t27-,31-,32+/m1/s1. The monoisotopic (exact) mass is 597 g/mol. The van der Waals surface area contributed by atoms with Gasteiger partial charge in [-0.2, -0.15) is 0 Å². The summed E-state index contributed by atoms with van der Waals surface area (Å²) in [7, 11) is 0. The summed E-state index contributed by atoms with van der Waals surface area (Å²) in [6.45, 7) is 5.61. The van der Waals surface area contributed by atoms with Gasteiger partial charge in [-0.3, -0.25) is 24.0 Å². The van der Waals surface area contributed by atoms with Gasteiger partial charge in [-0.15, -0.1) is 0 Å². The Hall–Kier alpha value is -4.39. The molecule has 3 aromatic rings. The Bertz CT molecular complexity index is 1370. The zero-order valence-electron chi connectivity index (χ0n) is 25.9. The smallest absolute Gasteiger partial charge is 0.306 e. The fraction of sp³-hybridized carbons (Fsp3) is 0.378. The van der Waals surface area contributed by atoms with E-state index < -0.39 is 41.3 Å². The number of carbonyl (C=O) groups excluding carboxylic acids is 5. The molecule has 0 fully saturated rings. The Morgan fingerprint density at radius 2 is 1.25 bits per heavy atom. The number of ketones is 3. The highest BCUT2D eigenvalue weighted by Crippen LogP contribution is 2.20. The maximum atomic E-state index is 13.7. The maximum absolute atomic E-state index is 13.7. The number of aryl methyl sites for hydroxylation is 1. The summed E-state index contributed by atoms with van der Waals surface area (Å²) in [4.78, 5) is 65.6. The maximum Gasteiger partial charge on any atom is 0.306 e. The van der Waals surface area contributed by atoms with Crippen LogP contribution >= 0.6 is 0 Å². The Labute approximate surface area is 260 Å². The lowest BCUT2D eigenvalue weighted by Crippen LogP contribution is -2.45. The second kappa shape index (κ2) is 17.7. The lowest BCUT2D eigenvalue weighted by atomic mass is 9.85. The number of carbonyl (C=O) groups is 5. The van der Waals surface area contributed by atoms with Gasteiger partial charge in [0.2, 0.25) is 11.7 Å². The lowest BCUT2D eigenvalue weighted by molar-refractivity contribution is -0.148. The number of benzene rings is 3. The molecule has 0 aliphatic carbocycles. The number of Topliss-reactive ketones (excluding diaryl/α,β-unsaturated/α-hetero) is 3. The van der Waals surface area contributed by atoms with Crippen LogP contribution in [0.4, 0.5) is 0 Å². The first kappa shape index (κ1) is 34.1. The van der Waals surface area contributed by atoms with Crippen molar-refractivity contribution in [2.75, 3.05) is 0 Å². The third-order valence-corrected chi connectivity index (χ3v) is 7.48. The first-order chi connectivity index (χ1) is 21.1. The second-order valence-electron chi connectivity index (χ2n) is 11.8. The van der Waals surface area contributed by atoms with E-state index in [0.29, 0.717) is 12.8 Å². The van der Waals surface area contributed by atoms with Crippen molar-refractivity contribution in [2.24, 2.45) is 17.8 Å². The Kier molecular flexibility index (Phi) is 13.7. The van der Waals surface area contributed by atoms with Crippen molar-refractivity contribution in [1.29, 1.82) is 0 Å². The highest BCUT2D eigenvalue weighted by atomic mass is 16.5. The summed E-state index contributed by atoms with van der Waals surface area (Å²) in [5.41, 5.74) is 2.66. The largest absolute Gasteiger partial charge is 0.461 e. The van der Waals surface area contributed by atoms with Crippen LogP contribution in [-0.2, 0) is 48.2 Å². The van der Waals surface area contributed by atoms with Crippen LogP contribution in [0.5, 0.6) is 0 Å². The molecule has 0 heterocycles. The van der Waals surface area contributed by atoms with E-state index >= 15 is 0 Å². The fourth-order valence-corrected chi connectivity index (χ4v) is 4.99. The molecule has 0 saturated carbocycles. The molecule has 0 unspecified atom stereocenters. The SMILES string of the molecule is CC(C)C[C@H](NC(=O)[C@H](C)CC(=O)OCc1ccccc1)C(=O)C[C@@H](Cc1ccccc1)C(=O)C(=O)CCc1ccccc1. The molecule has 0 aliphatic rings. The van der Waals surface area contributed by atoms with Crippen molar-refractivity contribution >= 4 is 29.2 Å². The van der Waals surface area contributed by atoms with Gasteiger partial charge in [-0.1, -0.05) is 112 Å². The Balaban J connectivity index is 1.65. The van der Waals surface area contributed by atoms with Crippen LogP contribution in [0.15, 0.2) is 91.0 Å². The average Bonchev–Trinajstić information content (AvgIpc) is 3.02. The van der Waals surface area contributed by atoms with Crippen LogP contribution in [0.2, 0.25) is 0 Å². The van der Waals surface area contributed by atoms with E-state index in [4.69, 9.17) is 4.74 Å². The van der Waals surface area contributed by atoms with Crippen LogP contribution < -0.4 is 5.32 Å². The topological polar surface area (TPSA) is 107 Å². The van der Waals surface area contributed by atoms with Gasteiger partial charge in [0.1, 0.15) is 6.61 Å². The minimum absolute atomic E-state index is 0.0619. The van der Waals surface area contributed by atoms with Gasteiger partial charge in [-0.05, 0) is 41.9 Å². The number of hydrogen-bond acceptors (Lipinski definition) is 6. The highest BCUT2D eigenvalue weighted by molar-refractivity contribution is 6.38. The number of nitrogens with one attached hydrogen (secondary N) is 1. The predicted octanol–water partition coefficient (Wildman–Crippen LogP) is 5.88. The summed E-state index contributed by atoms with van der Waals surface area (Å²) in [5.74, 6) is -3.82. The van der Waals surface area contributed by atoms with Crippen molar-refractivity contribution < 1.29 is 28.7 Å². The molecule has 0 radical (unpaired) electrons. The highest BCUT2D eigenvalue weighted by Gasteiger charge is 2.32. The number of amides is 1. The summed E-state index contributed by atoms with van der Waals surface area (Å²) in [6.07, 6.45) is 0.808. The van der Waals surface area contributed by atoms with E-state index in [1.165, 1.54) is 0 Å². The molecule has 0 aromatic heterocycles. The number of rotatable bonds is 18. The Morgan fingerprint density at radius 3 is 1.82 bits per heavy atom. The molecule has 1 amide bonds. The molecule has 0 bridgehead atoms. The summed E-state index contributed by atoms with van der Waals surface area (Å²) >= 11 is 0. The molecule has 232 valence electrons. The first-order valence-electron chi connectivity index (χ1n) is 15.3. The van der Waals surface area contributed by atoms with Gasteiger partial charge in [0.25, 0.3) is 0 Å². The quantitative estimate of drug-likeness (QED) is 0.145. The van der Waals surface area contributed by atoms with Crippen molar-refractivity contribution in [3.63, 3.8) is 0 Å². The molecular formula is C37H43NO6. The number of esters is 1. The minimum atomic E-state index is -0.851.